The summed E-state index contributed by atoms with van der Waals surface area (Å²) in [6.45, 7) is 14.7. The number of imidazole rings is 1. The largest absolute Gasteiger partial charge is 0.497 e. The first-order valence-corrected chi connectivity index (χ1v) is 15.0. The molecule has 2 aromatic carbocycles. The van der Waals surface area contributed by atoms with Gasteiger partial charge in [0.05, 0.1) is 18.1 Å². The van der Waals surface area contributed by atoms with E-state index in [1.807, 2.05) is 29.2 Å². The summed E-state index contributed by atoms with van der Waals surface area (Å²) in [4.78, 5) is 23.4. The molecule has 0 saturated carbocycles. The molecule has 1 aromatic heterocycles. The van der Waals surface area contributed by atoms with Crippen molar-refractivity contribution in [2.45, 2.75) is 72.8 Å². The fourth-order valence-corrected chi connectivity index (χ4v) is 5.73. The van der Waals surface area contributed by atoms with E-state index >= 15 is 0 Å². The molecule has 0 spiro atoms. The third-order valence-electron chi connectivity index (χ3n) is 7.61. The number of methoxy groups -OCH3 is 1. The highest BCUT2D eigenvalue weighted by molar-refractivity contribution is 5.97. The van der Waals surface area contributed by atoms with Crippen LogP contribution in [0.5, 0.6) is 5.75 Å². The van der Waals surface area contributed by atoms with Crippen LogP contribution in [0.1, 0.15) is 81.5 Å². The number of rotatable bonds is 12. The van der Waals surface area contributed by atoms with Crippen molar-refractivity contribution >= 4 is 16.9 Å². The molecule has 39 heavy (non-hydrogen) atoms. The van der Waals surface area contributed by atoms with Gasteiger partial charge in [-0.1, -0.05) is 52.7 Å². The highest BCUT2D eigenvalue weighted by atomic mass is 16.5. The second kappa shape index (κ2) is 14.0. The summed E-state index contributed by atoms with van der Waals surface area (Å²) in [5.74, 6) is 2.89. The Labute approximate surface area is 235 Å². The Morgan fingerprint density at radius 1 is 0.923 bits per heavy atom. The Kier molecular flexibility index (Phi) is 10.4. The lowest BCUT2D eigenvalue weighted by Gasteiger charge is -2.26. The molecule has 1 saturated heterocycles. The molecule has 3 aromatic rings. The summed E-state index contributed by atoms with van der Waals surface area (Å²) >= 11 is 0. The minimum atomic E-state index is 0.119. The summed E-state index contributed by atoms with van der Waals surface area (Å²) in [5.41, 5.74) is 3.99. The standard InChI is InChI=1S/C33H48N4O2/c1-25(2)23-36(24-26(3)4)33(38)28-13-16-30-31(22-28)37(20-10-19-35-17-8-6-7-9-18-35)32(34-30)21-27-11-14-29(39-5)15-12-27/h11-16,22,25-26H,6-10,17-21,23-24H2,1-5H3. The van der Waals surface area contributed by atoms with Crippen LogP contribution in [0.4, 0.5) is 0 Å². The maximum absolute atomic E-state index is 13.7. The second-order valence-electron chi connectivity index (χ2n) is 12.0. The van der Waals surface area contributed by atoms with Gasteiger partial charge in [-0.05, 0) is 86.6 Å². The van der Waals surface area contributed by atoms with Gasteiger partial charge in [0.25, 0.3) is 5.91 Å². The molecule has 212 valence electrons. The maximum atomic E-state index is 13.7. The normalized spacial score (nSPS) is 14.7. The summed E-state index contributed by atoms with van der Waals surface area (Å²) in [7, 11) is 1.70. The number of aromatic nitrogens is 2. The van der Waals surface area contributed by atoms with Crippen molar-refractivity contribution < 1.29 is 9.53 Å². The van der Waals surface area contributed by atoms with E-state index in [0.29, 0.717) is 11.8 Å². The van der Waals surface area contributed by atoms with Gasteiger partial charge in [0.1, 0.15) is 11.6 Å². The molecule has 1 aliphatic rings. The lowest BCUT2D eigenvalue weighted by molar-refractivity contribution is 0.0715. The van der Waals surface area contributed by atoms with Crippen LogP contribution in [0.15, 0.2) is 42.5 Å². The Morgan fingerprint density at radius 3 is 2.21 bits per heavy atom. The van der Waals surface area contributed by atoms with Crippen molar-refractivity contribution in [3.63, 3.8) is 0 Å². The minimum Gasteiger partial charge on any atom is -0.497 e. The zero-order valence-electron chi connectivity index (χ0n) is 24.8. The Bertz CT molecular complexity index is 1180. The van der Waals surface area contributed by atoms with Gasteiger partial charge < -0.3 is 19.1 Å². The van der Waals surface area contributed by atoms with Crippen molar-refractivity contribution in [1.82, 2.24) is 19.4 Å². The predicted octanol–water partition coefficient (Wildman–Crippen LogP) is 6.66. The number of carbonyl (C=O) groups excluding carboxylic acids is 1. The SMILES string of the molecule is COc1ccc(Cc2nc3ccc(C(=O)N(CC(C)C)CC(C)C)cc3n2CCCN2CCCCCC2)cc1. The molecule has 6 nitrogen and oxygen atoms in total. The molecule has 0 bridgehead atoms. The first-order valence-electron chi connectivity index (χ1n) is 15.0. The fourth-order valence-electron chi connectivity index (χ4n) is 5.73. The lowest BCUT2D eigenvalue weighted by atomic mass is 10.1. The summed E-state index contributed by atoms with van der Waals surface area (Å²) in [6.07, 6.45) is 7.16. The molecule has 0 aliphatic carbocycles. The Morgan fingerprint density at radius 2 is 1.59 bits per heavy atom. The van der Waals surface area contributed by atoms with Crippen LogP contribution in [0.2, 0.25) is 0 Å². The first kappa shape index (κ1) is 29.1. The number of fused-ring (bicyclic) bond motifs is 1. The van der Waals surface area contributed by atoms with Gasteiger partial charge in [-0.25, -0.2) is 4.98 Å². The van der Waals surface area contributed by atoms with E-state index in [4.69, 9.17) is 9.72 Å². The zero-order chi connectivity index (χ0) is 27.8. The van der Waals surface area contributed by atoms with E-state index in [1.165, 1.54) is 44.3 Å². The molecule has 0 atom stereocenters. The van der Waals surface area contributed by atoms with Crippen LogP contribution in [0.3, 0.4) is 0 Å². The molecule has 1 aliphatic heterocycles. The van der Waals surface area contributed by atoms with Crippen molar-refractivity contribution in [3.05, 3.63) is 59.4 Å². The van der Waals surface area contributed by atoms with Gasteiger partial charge in [-0.2, -0.15) is 0 Å². The number of hydrogen-bond donors (Lipinski definition) is 0. The number of nitrogens with zero attached hydrogens (tertiary/aromatic N) is 4. The van der Waals surface area contributed by atoms with E-state index in [-0.39, 0.29) is 5.91 Å². The molecular weight excluding hydrogens is 484 g/mol. The van der Waals surface area contributed by atoms with Gasteiger partial charge in [0.15, 0.2) is 0 Å². The van der Waals surface area contributed by atoms with E-state index in [1.54, 1.807) is 7.11 Å². The first-order chi connectivity index (χ1) is 18.8. The number of benzene rings is 2. The number of likely N-dealkylation sites (tertiary alicyclic amines) is 1. The molecule has 0 N–H and O–H groups in total. The topological polar surface area (TPSA) is 50.6 Å². The number of ether oxygens (including phenoxy) is 1. The third-order valence-corrected chi connectivity index (χ3v) is 7.61. The monoisotopic (exact) mass is 532 g/mol. The molecule has 0 radical (unpaired) electrons. The van der Waals surface area contributed by atoms with Gasteiger partial charge in [-0.3, -0.25) is 4.79 Å². The van der Waals surface area contributed by atoms with Crippen LogP contribution in [-0.4, -0.2) is 65.1 Å². The van der Waals surface area contributed by atoms with E-state index in [9.17, 15) is 4.79 Å². The maximum Gasteiger partial charge on any atom is 0.253 e. The molecule has 6 heteroatoms. The quantitative estimate of drug-likeness (QED) is 0.262. The number of carbonyl (C=O) groups is 1. The third kappa shape index (κ3) is 8.07. The average molecular weight is 533 g/mol. The Hall–Kier alpha value is -2.86. The summed E-state index contributed by atoms with van der Waals surface area (Å²) < 4.78 is 7.72. The zero-order valence-corrected chi connectivity index (χ0v) is 24.8. The van der Waals surface area contributed by atoms with E-state index in [2.05, 4.69) is 55.4 Å². The molecule has 1 amide bonds. The van der Waals surface area contributed by atoms with E-state index in [0.717, 1.165) is 67.2 Å². The molecule has 0 unspecified atom stereocenters. The summed E-state index contributed by atoms with van der Waals surface area (Å²) in [5, 5.41) is 0. The molecule has 1 fully saturated rings. The number of aryl methyl sites for hydroxylation is 1. The van der Waals surface area contributed by atoms with Crippen molar-refractivity contribution in [2.75, 3.05) is 39.8 Å². The van der Waals surface area contributed by atoms with Crippen molar-refractivity contribution in [1.29, 1.82) is 0 Å². The fraction of sp³-hybridized carbons (Fsp3) is 0.576. The van der Waals surface area contributed by atoms with Crippen LogP contribution >= 0.6 is 0 Å². The van der Waals surface area contributed by atoms with Crippen molar-refractivity contribution in [3.8, 4) is 5.75 Å². The molecular formula is C33H48N4O2. The molecule has 2 heterocycles. The molecule has 4 rings (SSSR count). The van der Waals surface area contributed by atoms with E-state index < -0.39 is 0 Å². The van der Waals surface area contributed by atoms with Gasteiger partial charge >= 0.3 is 0 Å². The predicted molar refractivity (Wildman–Crippen MR) is 161 cm³/mol. The van der Waals surface area contributed by atoms with Crippen molar-refractivity contribution in [2.24, 2.45) is 11.8 Å². The second-order valence-corrected chi connectivity index (χ2v) is 12.0. The smallest absolute Gasteiger partial charge is 0.253 e. The van der Waals surface area contributed by atoms with Crippen LogP contribution in [0, 0.1) is 11.8 Å². The Balaban J connectivity index is 1.62. The van der Waals surface area contributed by atoms with Gasteiger partial charge in [-0.15, -0.1) is 0 Å². The summed E-state index contributed by atoms with van der Waals surface area (Å²) in [6, 6.07) is 14.3. The highest BCUT2D eigenvalue weighted by Gasteiger charge is 2.20. The number of hydrogen-bond acceptors (Lipinski definition) is 4. The van der Waals surface area contributed by atoms with Crippen LogP contribution in [0.25, 0.3) is 11.0 Å². The van der Waals surface area contributed by atoms with Gasteiger partial charge in [0, 0.05) is 31.6 Å². The van der Waals surface area contributed by atoms with Crippen LogP contribution < -0.4 is 4.74 Å². The highest BCUT2D eigenvalue weighted by Crippen LogP contribution is 2.23. The lowest BCUT2D eigenvalue weighted by Crippen LogP contribution is -2.37. The van der Waals surface area contributed by atoms with Crippen LogP contribution in [-0.2, 0) is 13.0 Å². The average Bonchev–Trinajstić information content (AvgIpc) is 3.06. The number of amides is 1. The minimum absolute atomic E-state index is 0.119. The van der Waals surface area contributed by atoms with Gasteiger partial charge in [0.2, 0.25) is 0 Å².